The molecule has 0 bridgehead atoms. The van der Waals surface area contributed by atoms with Gasteiger partial charge in [0.1, 0.15) is 4.99 Å². The minimum atomic E-state index is 0.361. The number of nitrogens with zero attached hydrogens (tertiary/aromatic N) is 2. The van der Waals surface area contributed by atoms with E-state index in [1.54, 1.807) is 6.20 Å². The lowest BCUT2D eigenvalue weighted by Gasteiger charge is -2.15. The van der Waals surface area contributed by atoms with Crippen molar-refractivity contribution in [3.8, 4) is 0 Å². The lowest BCUT2D eigenvalue weighted by molar-refractivity contribution is 1.06. The summed E-state index contributed by atoms with van der Waals surface area (Å²) in [5.74, 6) is 0. The molecule has 2 aromatic rings. The van der Waals surface area contributed by atoms with Gasteiger partial charge in [-0.05, 0) is 44.0 Å². The highest BCUT2D eigenvalue weighted by Gasteiger charge is 2.11. The van der Waals surface area contributed by atoms with E-state index < -0.39 is 0 Å². The third kappa shape index (κ3) is 3.11. The molecule has 0 aliphatic heterocycles. The van der Waals surface area contributed by atoms with Crippen LogP contribution >= 0.6 is 12.2 Å². The summed E-state index contributed by atoms with van der Waals surface area (Å²) >= 11 is 5.12. The van der Waals surface area contributed by atoms with Crippen LogP contribution < -0.4 is 11.1 Å². The Hall–Kier alpha value is -2.01. The Morgan fingerprint density at radius 1 is 1.35 bits per heavy atom. The summed E-state index contributed by atoms with van der Waals surface area (Å²) in [6.07, 6.45) is 3.66. The number of hydrogen-bond acceptors (Lipinski definition) is 4. The summed E-state index contributed by atoms with van der Waals surface area (Å²) in [4.78, 5) is 8.92. The Balaban J connectivity index is 2.30. The van der Waals surface area contributed by atoms with E-state index in [2.05, 4.69) is 22.2 Å². The molecule has 2 rings (SSSR count). The molecule has 0 unspecified atom stereocenters. The van der Waals surface area contributed by atoms with Crippen LogP contribution in [0.5, 0.6) is 0 Å². The van der Waals surface area contributed by atoms with Gasteiger partial charge in [0.15, 0.2) is 0 Å². The molecule has 20 heavy (non-hydrogen) atoms. The summed E-state index contributed by atoms with van der Waals surface area (Å²) in [5, 5.41) is 3.39. The van der Waals surface area contributed by atoms with Crippen LogP contribution in [-0.4, -0.2) is 15.0 Å². The molecule has 104 valence electrons. The van der Waals surface area contributed by atoms with Crippen molar-refractivity contribution in [2.75, 3.05) is 5.32 Å². The normalized spacial score (nSPS) is 10.3. The van der Waals surface area contributed by atoms with Gasteiger partial charge in [-0.3, -0.25) is 9.97 Å². The number of thiocarbonyl (C=S) groups is 1. The quantitative estimate of drug-likeness (QED) is 0.846. The molecule has 0 aliphatic rings. The number of pyridine rings is 2. The van der Waals surface area contributed by atoms with Crippen molar-refractivity contribution in [3.05, 3.63) is 52.6 Å². The molecule has 0 saturated heterocycles. The van der Waals surface area contributed by atoms with E-state index in [0.29, 0.717) is 11.5 Å². The van der Waals surface area contributed by atoms with Gasteiger partial charge in [0.05, 0.1) is 5.56 Å². The molecule has 2 aromatic heterocycles. The van der Waals surface area contributed by atoms with Crippen LogP contribution in [-0.2, 0) is 6.54 Å². The van der Waals surface area contributed by atoms with E-state index in [4.69, 9.17) is 18.0 Å². The molecule has 0 radical (unpaired) electrons. The van der Waals surface area contributed by atoms with Crippen LogP contribution in [0.15, 0.2) is 24.5 Å². The van der Waals surface area contributed by atoms with Gasteiger partial charge >= 0.3 is 0 Å². The molecule has 5 heteroatoms. The smallest absolute Gasteiger partial charge is 0.107 e. The van der Waals surface area contributed by atoms with Gasteiger partial charge in [0.2, 0.25) is 0 Å². The van der Waals surface area contributed by atoms with Gasteiger partial charge in [-0.1, -0.05) is 12.2 Å². The molecule has 0 amide bonds. The molecule has 2 heterocycles. The maximum absolute atomic E-state index is 5.80. The maximum Gasteiger partial charge on any atom is 0.107 e. The van der Waals surface area contributed by atoms with E-state index in [1.807, 2.05) is 32.2 Å². The van der Waals surface area contributed by atoms with Crippen molar-refractivity contribution >= 4 is 22.9 Å². The SMILES string of the molecule is Cc1cc(NCc2cnccc2C)c(C(N)=S)c(C)n1. The van der Waals surface area contributed by atoms with Crippen LogP contribution in [0.1, 0.15) is 28.1 Å². The fourth-order valence-corrected chi connectivity index (χ4v) is 2.41. The van der Waals surface area contributed by atoms with Crippen molar-refractivity contribution in [2.24, 2.45) is 5.73 Å². The van der Waals surface area contributed by atoms with Gasteiger partial charge in [0, 0.05) is 36.0 Å². The summed E-state index contributed by atoms with van der Waals surface area (Å²) in [6.45, 7) is 6.62. The molecule has 0 aliphatic carbocycles. The second-order valence-corrected chi connectivity index (χ2v) is 5.23. The van der Waals surface area contributed by atoms with Crippen LogP contribution in [0.2, 0.25) is 0 Å². The highest BCUT2D eigenvalue weighted by atomic mass is 32.1. The predicted molar refractivity (Wildman–Crippen MR) is 85.9 cm³/mol. The highest BCUT2D eigenvalue weighted by molar-refractivity contribution is 7.80. The van der Waals surface area contributed by atoms with Crippen LogP contribution in [0.25, 0.3) is 0 Å². The number of aryl methyl sites for hydroxylation is 3. The molecule has 0 atom stereocenters. The molecule has 4 nitrogen and oxygen atoms in total. The number of rotatable bonds is 4. The zero-order valence-electron chi connectivity index (χ0n) is 11.9. The summed E-state index contributed by atoms with van der Waals surface area (Å²) in [6, 6.07) is 3.96. The monoisotopic (exact) mass is 286 g/mol. The van der Waals surface area contributed by atoms with Crippen LogP contribution in [0.4, 0.5) is 5.69 Å². The highest BCUT2D eigenvalue weighted by Crippen LogP contribution is 2.21. The van der Waals surface area contributed by atoms with E-state index in [-0.39, 0.29) is 0 Å². The molecule has 0 aromatic carbocycles. The zero-order chi connectivity index (χ0) is 14.7. The second kappa shape index (κ2) is 5.96. The first kappa shape index (κ1) is 14.4. The first-order valence-electron chi connectivity index (χ1n) is 6.40. The van der Waals surface area contributed by atoms with Gasteiger partial charge in [-0.25, -0.2) is 0 Å². The Kier molecular flexibility index (Phi) is 4.29. The van der Waals surface area contributed by atoms with Crippen molar-refractivity contribution in [1.29, 1.82) is 0 Å². The lowest BCUT2D eigenvalue weighted by atomic mass is 10.1. The zero-order valence-corrected chi connectivity index (χ0v) is 12.7. The fraction of sp³-hybridized carbons (Fsp3) is 0.267. The lowest BCUT2D eigenvalue weighted by Crippen LogP contribution is -2.16. The topological polar surface area (TPSA) is 63.8 Å². The first-order chi connectivity index (χ1) is 9.49. The Morgan fingerprint density at radius 3 is 2.75 bits per heavy atom. The number of nitrogens with one attached hydrogen (secondary N) is 1. The third-order valence-electron chi connectivity index (χ3n) is 3.19. The van der Waals surface area contributed by atoms with Gasteiger partial charge in [-0.2, -0.15) is 0 Å². The van der Waals surface area contributed by atoms with Gasteiger partial charge < -0.3 is 11.1 Å². The third-order valence-corrected chi connectivity index (χ3v) is 3.40. The summed E-state index contributed by atoms with van der Waals surface area (Å²) in [7, 11) is 0. The minimum absolute atomic E-state index is 0.361. The van der Waals surface area contributed by atoms with Crippen molar-refractivity contribution < 1.29 is 0 Å². The molecule has 3 N–H and O–H groups in total. The van der Waals surface area contributed by atoms with Crippen LogP contribution in [0.3, 0.4) is 0 Å². The molecule has 0 saturated carbocycles. The number of anilines is 1. The van der Waals surface area contributed by atoms with Crippen molar-refractivity contribution in [3.63, 3.8) is 0 Å². The maximum atomic E-state index is 5.80. The molecule has 0 spiro atoms. The van der Waals surface area contributed by atoms with Crippen LogP contribution in [0, 0.1) is 20.8 Å². The number of hydrogen-bond donors (Lipinski definition) is 2. The fourth-order valence-electron chi connectivity index (χ4n) is 2.15. The van der Waals surface area contributed by atoms with Crippen molar-refractivity contribution in [2.45, 2.75) is 27.3 Å². The molecule has 0 fully saturated rings. The molecular formula is C15H18N4S. The average molecular weight is 286 g/mol. The standard InChI is InChI=1S/C15H18N4S/c1-9-4-5-17-7-12(9)8-18-13-6-10(2)19-11(3)14(13)15(16)20/h4-7H,8H2,1-3H3,(H2,16,20)(H,18,19). The van der Waals surface area contributed by atoms with Gasteiger partial charge in [0.25, 0.3) is 0 Å². The Morgan fingerprint density at radius 2 is 2.10 bits per heavy atom. The van der Waals surface area contributed by atoms with E-state index in [1.165, 1.54) is 5.56 Å². The number of aromatic nitrogens is 2. The Bertz CT molecular complexity index is 652. The largest absolute Gasteiger partial charge is 0.389 e. The summed E-state index contributed by atoms with van der Waals surface area (Å²) < 4.78 is 0. The summed E-state index contributed by atoms with van der Waals surface area (Å²) in [5.41, 5.74) is 11.7. The van der Waals surface area contributed by atoms with E-state index >= 15 is 0 Å². The molecular weight excluding hydrogens is 268 g/mol. The van der Waals surface area contributed by atoms with Crippen molar-refractivity contribution in [1.82, 2.24) is 9.97 Å². The van der Waals surface area contributed by atoms with E-state index in [0.717, 1.165) is 28.2 Å². The number of nitrogens with two attached hydrogens (primary N) is 1. The minimum Gasteiger partial charge on any atom is -0.389 e. The first-order valence-corrected chi connectivity index (χ1v) is 6.81. The predicted octanol–water partition coefficient (Wildman–Crippen LogP) is 2.65. The Labute approximate surface area is 124 Å². The average Bonchev–Trinajstić information content (AvgIpc) is 2.36. The van der Waals surface area contributed by atoms with E-state index in [9.17, 15) is 0 Å². The second-order valence-electron chi connectivity index (χ2n) is 4.79. The van der Waals surface area contributed by atoms with Gasteiger partial charge in [-0.15, -0.1) is 0 Å².